The SMILES string of the molecule is CCC(O)c1ccc(Cl)cn1. The molecule has 0 aliphatic heterocycles. The van der Waals surface area contributed by atoms with Crippen LogP contribution in [0.3, 0.4) is 0 Å². The van der Waals surface area contributed by atoms with Crippen molar-refractivity contribution in [3.8, 4) is 0 Å². The lowest BCUT2D eigenvalue weighted by molar-refractivity contribution is 0.169. The molecular formula is C8H10ClNO. The predicted molar refractivity (Wildman–Crippen MR) is 44.5 cm³/mol. The van der Waals surface area contributed by atoms with Crippen LogP contribution < -0.4 is 0 Å². The fourth-order valence-electron chi connectivity index (χ4n) is 0.794. The third kappa shape index (κ3) is 2.17. The second-order valence-corrected chi connectivity index (χ2v) is 2.76. The number of rotatable bonds is 2. The number of pyridine rings is 1. The zero-order valence-corrected chi connectivity index (χ0v) is 7.04. The van der Waals surface area contributed by atoms with Crippen molar-refractivity contribution in [2.75, 3.05) is 0 Å². The van der Waals surface area contributed by atoms with E-state index in [0.717, 1.165) is 0 Å². The Balaban J connectivity index is 2.81. The fraction of sp³-hybridized carbons (Fsp3) is 0.375. The van der Waals surface area contributed by atoms with E-state index in [4.69, 9.17) is 11.6 Å². The minimum absolute atomic E-state index is 0.465. The number of aliphatic hydroxyl groups excluding tert-OH is 1. The summed E-state index contributed by atoms with van der Waals surface area (Å²) in [5.41, 5.74) is 0.678. The van der Waals surface area contributed by atoms with E-state index in [1.807, 2.05) is 6.92 Å². The van der Waals surface area contributed by atoms with E-state index in [1.54, 1.807) is 12.1 Å². The van der Waals surface area contributed by atoms with E-state index in [-0.39, 0.29) is 0 Å². The van der Waals surface area contributed by atoms with E-state index in [9.17, 15) is 5.11 Å². The molecule has 3 heteroatoms. The summed E-state index contributed by atoms with van der Waals surface area (Å²) in [5, 5.41) is 9.91. The van der Waals surface area contributed by atoms with Crippen LogP contribution in [-0.4, -0.2) is 10.1 Å². The number of nitrogens with zero attached hydrogens (tertiary/aromatic N) is 1. The molecule has 0 amide bonds. The second-order valence-electron chi connectivity index (χ2n) is 2.33. The molecule has 0 fully saturated rings. The van der Waals surface area contributed by atoms with Gasteiger partial charge in [0.1, 0.15) is 0 Å². The highest BCUT2D eigenvalue weighted by Crippen LogP contribution is 2.14. The lowest BCUT2D eigenvalue weighted by atomic mass is 10.2. The van der Waals surface area contributed by atoms with Crippen molar-refractivity contribution in [3.63, 3.8) is 0 Å². The first-order valence-corrected chi connectivity index (χ1v) is 3.91. The number of aromatic nitrogens is 1. The van der Waals surface area contributed by atoms with Gasteiger partial charge < -0.3 is 5.11 Å². The summed E-state index contributed by atoms with van der Waals surface area (Å²) in [4.78, 5) is 3.97. The van der Waals surface area contributed by atoms with Crippen molar-refractivity contribution >= 4 is 11.6 Å². The molecule has 2 nitrogen and oxygen atoms in total. The second kappa shape index (κ2) is 3.69. The van der Waals surface area contributed by atoms with Crippen LogP contribution in [0.1, 0.15) is 25.1 Å². The molecule has 1 unspecified atom stereocenters. The molecule has 1 aromatic heterocycles. The molecule has 1 rings (SSSR count). The molecule has 1 N–H and O–H groups in total. The molecule has 0 spiro atoms. The molecule has 1 heterocycles. The maximum Gasteiger partial charge on any atom is 0.0957 e. The van der Waals surface area contributed by atoms with Crippen LogP contribution >= 0.6 is 11.6 Å². The van der Waals surface area contributed by atoms with E-state index >= 15 is 0 Å². The Bertz CT molecular complexity index is 222. The maximum absolute atomic E-state index is 9.31. The Morgan fingerprint density at radius 2 is 2.36 bits per heavy atom. The van der Waals surface area contributed by atoms with Crippen molar-refractivity contribution in [2.24, 2.45) is 0 Å². The Kier molecular flexibility index (Phi) is 2.85. The molecule has 0 aromatic carbocycles. The molecule has 0 bridgehead atoms. The van der Waals surface area contributed by atoms with Crippen LogP contribution in [0.4, 0.5) is 0 Å². The van der Waals surface area contributed by atoms with Crippen molar-refractivity contribution in [3.05, 3.63) is 29.0 Å². The number of hydrogen-bond acceptors (Lipinski definition) is 2. The lowest BCUT2D eigenvalue weighted by Crippen LogP contribution is -1.97. The highest BCUT2D eigenvalue weighted by atomic mass is 35.5. The Morgan fingerprint density at radius 3 is 2.82 bits per heavy atom. The molecule has 11 heavy (non-hydrogen) atoms. The zero-order valence-electron chi connectivity index (χ0n) is 6.29. The van der Waals surface area contributed by atoms with E-state index in [0.29, 0.717) is 17.1 Å². The first-order chi connectivity index (χ1) is 5.24. The average Bonchev–Trinajstić information content (AvgIpc) is 2.05. The summed E-state index contributed by atoms with van der Waals surface area (Å²) in [6, 6.07) is 3.46. The highest BCUT2D eigenvalue weighted by Gasteiger charge is 2.04. The predicted octanol–water partition coefficient (Wildman–Crippen LogP) is 2.18. The standard InChI is InChI=1S/C8H10ClNO/c1-2-8(11)7-4-3-6(9)5-10-7/h3-5,8,11H,2H2,1H3. The number of aliphatic hydroxyl groups is 1. The summed E-state index contributed by atoms with van der Waals surface area (Å²) in [7, 11) is 0. The topological polar surface area (TPSA) is 33.1 Å². The monoisotopic (exact) mass is 171 g/mol. The summed E-state index contributed by atoms with van der Waals surface area (Å²) in [6.45, 7) is 1.90. The van der Waals surface area contributed by atoms with Gasteiger partial charge in [-0.25, -0.2) is 0 Å². The summed E-state index contributed by atoms with van der Waals surface area (Å²) in [6.07, 6.45) is 1.75. The molecular weight excluding hydrogens is 162 g/mol. The van der Waals surface area contributed by atoms with Gasteiger partial charge in [0.25, 0.3) is 0 Å². The van der Waals surface area contributed by atoms with Gasteiger partial charge >= 0.3 is 0 Å². The van der Waals surface area contributed by atoms with Crippen LogP contribution in [-0.2, 0) is 0 Å². The molecule has 0 saturated carbocycles. The van der Waals surface area contributed by atoms with Crippen LogP contribution in [0, 0.1) is 0 Å². The van der Waals surface area contributed by atoms with Gasteiger partial charge in [0.2, 0.25) is 0 Å². The Hall–Kier alpha value is -0.600. The van der Waals surface area contributed by atoms with E-state index in [2.05, 4.69) is 4.98 Å². The Labute approximate surface area is 70.8 Å². The third-order valence-corrected chi connectivity index (χ3v) is 1.70. The molecule has 0 aliphatic rings. The quantitative estimate of drug-likeness (QED) is 0.740. The summed E-state index contributed by atoms with van der Waals surface area (Å²) in [5.74, 6) is 0. The number of hydrogen-bond donors (Lipinski definition) is 1. The Morgan fingerprint density at radius 1 is 1.64 bits per heavy atom. The average molecular weight is 172 g/mol. The van der Waals surface area contributed by atoms with Gasteiger partial charge in [-0.3, -0.25) is 4.98 Å². The van der Waals surface area contributed by atoms with Gasteiger partial charge in [-0.2, -0.15) is 0 Å². The fourth-order valence-corrected chi connectivity index (χ4v) is 0.905. The van der Waals surface area contributed by atoms with Crippen LogP contribution in [0.2, 0.25) is 5.02 Å². The first-order valence-electron chi connectivity index (χ1n) is 3.53. The van der Waals surface area contributed by atoms with Crippen molar-refractivity contribution < 1.29 is 5.11 Å². The molecule has 0 saturated heterocycles. The summed E-state index contributed by atoms with van der Waals surface area (Å²) < 4.78 is 0. The van der Waals surface area contributed by atoms with Crippen LogP contribution in [0.25, 0.3) is 0 Å². The lowest BCUT2D eigenvalue weighted by Gasteiger charge is -2.05. The smallest absolute Gasteiger partial charge is 0.0957 e. The van der Waals surface area contributed by atoms with Crippen LogP contribution in [0.5, 0.6) is 0 Å². The molecule has 60 valence electrons. The molecule has 1 aromatic rings. The van der Waals surface area contributed by atoms with Gasteiger partial charge in [-0.05, 0) is 18.6 Å². The molecule has 0 aliphatic carbocycles. The first kappa shape index (κ1) is 8.50. The summed E-state index contributed by atoms with van der Waals surface area (Å²) >= 11 is 5.62. The third-order valence-electron chi connectivity index (χ3n) is 1.48. The molecule has 1 atom stereocenters. The van der Waals surface area contributed by atoms with Gasteiger partial charge in [0.05, 0.1) is 16.8 Å². The van der Waals surface area contributed by atoms with Gasteiger partial charge in [0.15, 0.2) is 0 Å². The molecule has 0 radical (unpaired) electrons. The van der Waals surface area contributed by atoms with E-state index < -0.39 is 6.10 Å². The zero-order chi connectivity index (χ0) is 8.27. The van der Waals surface area contributed by atoms with Gasteiger partial charge in [-0.15, -0.1) is 0 Å². The normalized spacial score (nSPS) is 13.0. The minimum Gasteiger partial charge on any atom is -0.387 e. The van der Waals surface area contributed by atoms with E-state index in [1.165, 1.54) is 6.20 Å². The highest BCUT2D eigenvalue weighted by molar-refractivity contribution is 6.30. The van der Waals surface area contributed by atoms with Crippen molar-refractivity contribution in [1.82, 2.24) is 4.98 Å². The van der Waals surface area contributed by atoms with Crippen LogP contribution in [0.15, 0.2) is 18.3 Å². The largest absolute Gasteiger partial charge is 0.387 e. The van der Waals surface area contributed by atoms with Crippen molar-refractivity contribution in [1.29, 1.82) is 0 Å². The minimum atomic E-state index is -0.465. The van der Waals surface area contributed by atoms with Gasteiger partial charge in [-0.1, -0.05) is 18.5 Å². The number of halogens is 1. The van der Waals surface area contributed by atoms with Gasteiger partial charge in [0, 0.05) is 6.20 Å². The van der Waals surface area contributed by atoms with Crippen molar-refractivity contribution in [2.45, 2.75) is 19.4 Å². The maximum atomic E-state index is 9.31.